The van der Waals surface area contributed by atoms with E-state index < -0.39 is 16.6 Å². The van der Waals surface area contributed by atoms with E-state index >= 15 is 0 Å². The van der Waals surface area contributed by atoms with Crippen LogP contribution in [0.25, 0.3) is 0 Å². The number of nitrogens with zero attached hydrogens (tertiary/aromatic N) is 3. The summed E-state index contributed by atoms with van der Waals surface area (Å²) in [6.07, 6.45) is 1.17. The molecule has 3 rings (SSSR count). The summed E-state index contributed by atoms with van der Waals surface area (Å²) in [4.78, 5) is 31.1. The Morgan fingerprint density at radius 1 is 0.966 bits per heavy atom. The second-order valence-corrected chi connectivity index (χ2v) is 5.66. The highest BCUT2D eigenvalue weighted by Crippen LogP contribution is 2.35. The number of rotatable bonds is 7. The molecule has 0 bridgehead atoms. The summed E-state index contributed by atoms with van der Waals surface area (Å²) in [6.45, 7) is 0. The third-order valence-electron chi connectivity index (χ3n) is 3.95. The van der Waals surface area contributed by atoms with Gasteiger partial charge < -0.3 is 20.1 Å². The van der Waals surface area contributed by atoms with Crippen LogP contribution < -0.4 is 15.4 Å². The molecule has 0 aliphatic carbocycles. The van der Waals surface area contributed by atoms with Gasteiger partial charge in [0.05, 0.1) is 36.1 Å². The zero-order valence-electron chi connectivity index (χ0n) is 15.6. The number of hydrogen-bond acceptors (Lipinski definition) is 9. The predicted octanol–water partition coefficient (Wildman–Crippen LogP) is 3.67. The molecule has 0 spiro atoms. The van der Waals surface area contributed by atoms with Crippen LogP contribution in [0.15, 0.2) is 54.9 Å². The van der Waals surface area contributed by atoms with Gasteiger partial charge in [0.2, 0.25) is 11.6 Å². The summed E-state index contributed by atoms with van der Waals surface area (Å²) in [5.41, 5.74) is 0.627. The van der Waals surface area contributed by atoms with E-state index in [1.807, 2.05) is 0 Å². The molecule has 0 aliphatic heterocycles. The van der Waals surface area contributed by atoms with Crippen LogP contribution in [-0.2, 0) is 4.74 Å². The molecule has 1 aromatic heterocycles. The molecule has 0 saturated heterocycles. The van der Waals surface area contributed by atoms with Crippen molar-refractivity contribution in [2.75, 3.05) is 24.9 Å². The van der Waals surface area contributed by atoms with Crippen molar-refractivity contribution in [2.45, 2.75) is 0 Å². The lowest BCUT2D eigenvalue weighted by Crippen LogP contribution is -2.09. The van der Waals surface area contributed by atoms with Crippen LogP contribution in [0.3, 0.4) is 0 Å². The second kappa shape index (κ2) is 8.65. The summed E-state index contributed by atoms with van der Waals surface area (Å²) < 4.78 is 10.0. The smallest absolute Gasteiger partial charge is 0.353 e. The third kappa shape index (κ3) is 4.21. The molecule has 0 aliphatic rings. The normalized spacial score (nSPS) is 10.1. The quantitative estimate of drug-likeness (QED) is 0.350. The number of para-hydroxylation sites is 3. The van der Waals surface area contributed by atoms with Gasteiger partial charge in [0, 0.05) is 0 Å². The van der Waals surface area contributed by atoms with Gasteiger partial charge in [0.25, 0.3) is 0 Å². The highest BCUT2D eigenvalue weighted by Gasteiger charge is 2.25. The molecule has 1 heterocycles. The molecule has 0 unspecified atom stereocenters. The molecule has 148 valence electrons. The fraction of sp³-hybridized carbons (Fsp3) is 0.105. The fourth-order valence-electron chi connectivity index (χ4n) is 2.62. The molecule has 2 aromatic carbocycles. The molecule has 0 amide bonds. The molecular weight excluding hydrogens is 378 g/mol. The van der Waals surface area contributed by atoms with Crippen LogP contribution in [-0.4, -0.2) is 35.1 Å². The zero-order chi connectivity index (χ0) is 20.8. The largest absolute Gasteiger partial charge is 0.495 e. The van der Waals surface area contributed by atoms with E-state index in [2.05, 4.69) is 20.6 Å². The average Bonchev–Trinajstić information content (AvgIpc) is 2.74. The van der Waals surface area contributed by atoms with Crippen LogP contribution in [0, 0.1) is 10.1 Å². The predicted molar refractivity (Wildman–Crippen MR) is 106 cm³/mol. The zero-order valence-corrected chi connectivity index (χ0v) is 15.6. The van der Waals surface area contributed by atoms with Crippen LogP contribution >= 0.6 is 0 Å². The summed E-state index contributed by atoms with van der Waals surface area (Å²) in [5, 5.41) is 17.5. The maximum atomic E-state index is 12.0. The number of nitro groups is 1. The van der Waals surface area contributed by atoms with Crippen molar-refractivity contribution in [3.8, 4) is 5.75 Å². The van der Waals surface area contributed by atoms with Gasteiger partial charge in [-0.3, -0.25) is 10.1 Å². The van der Waals surface area contributed by atoms with Crippen molar-refractivity contribution < 1.29 is 19.2 Å². The van der Waals surface area contributed by atoms with Crippen molar-refractivity contribution in [3.63, 3.8) is 0 Å². The van der Waals surface area contributed by atoms with Crippen LogP contribution in [0.4, 0.5) is 28.7 Å². The number of ether oxygens (including phenoxy) is 2. The molecule has 3 aromatic rings. The highest BCUT2D eigenvalue weighted by molar-refractivity contribution is 5.96. The van der Waals surface area contributed by atoms with Gasteiger partial charge >= 0.3 is 11.7 Å². The number of esters is 1. The Labute approximate surface area is 165 Å². The Hall–Kier alpha value is -4.21. The van der Waals surface area contributed by atoms with E-state index in [0.29, 0.717) is 17.1 Å². The summed E-state index contributed by atoms with van der Waals surface area (Å²) >= 11 is 0. The Bertz CT molecular complexity index is 1060. The minimum absolute atomic E-state index is 0.0347. The Morgan fingerprint density at radius 3 is 2.17 bits per heavy atom. The van der Waals surface area contributed by atoms with Crippen molar-refractivity contribution in [1.29, 1.82) is 0 Å². The molecule has 0 saturated carbocycles. The Balaban J connectivity index is 2.03. The first-order valence-corrected chi connectivity index (χ1v) is 8.39. The van der Waals surface area contributed by atoms with Gasteiger partial charge in [-0.2, -0.15) is 0 Å². The van der Waals surface area contributed by atoms with Crippen molar-refractivity contribution >= 4 is 34.7 Å². The monoisotopic (exact) mass is 395 g/mol. The van der Waals surface area contributed by atoms with Crippen LogP contribution in [0.2, 0.25) is 0 Å². The molecule has 2 N–H and O–H groups in total. The Kier molecular flexibility index (Phi) is 5.83. The summed E-state index contributed by atoms with van der Waals surface area (Å²) in [7, 11) is 2.74. The lowest BCUT2D eigenvalue weighted by Gasteiger charge is -2.13. The molecule has 0 radical (unpaired) electrons. The van der Waals surface area contributed by atoms with Crippen LogP contribution in [0.5, 0.6) is 5.75 Å². The van der Waals surface area contributed by atoms with E-state index in [4.69, 9.17) is 9.47 Å². The maximum Gasteiger partial charge on any atom is 0.353 e. The number of nitrogens with one attached hydrogen (secondary N) is 2. The Morgan fingerprint density at radius 2 is 1.55 bits per heavy atom. The first-order chi connectivity index (χ1) is 14.0. The van der Waals surface area contributed by atoms with Crippen LogP contribution in [0.1, 0.15) is 10.4 Å². The molecule has 10 nitrogen and oxygen atoms in total. The van der Waals surface area contributed by atoms with Crippen molar-refractivity contribution in [3.05, 3.63) is 70.5 Å². The van der Waals surface area contributed by atoms with Gasteiger partial charge in [0.15, 0.2) is 0 Å². The second-order valence-electron chi connectivity index (χ2n) is 5.66. The summed E-state index contributed by atoms with van der Waals surface area (Å²) in [6, 6.07) is 13.4. The number of benzene rings is 2. The lowest BCUT2D eigenvalue weighted by atomic mass is 10.2. The molecule has 0 atom stereocenters. The summed E-state index contributed by atoms with van der Waals surface area (Å²) in [5.74, 6) is -0.213. The number of methoxy groups -OCH3 is 2. The van der Waals surface area contributed by atoms with E-state index in [9.17, 15) is 14.9 Å². The van der Waals surface area contributed by atoms with E-state index in [0.717, 1.165) is 0 Å². The van der Waals surface area contributed by atoms with E-state index in [-0.39, 0.29) is 17.2 Å². The lowest BCUT2D eigenvalue weighted by molar-refractivity contribution is -0.383. The highest BCUT2D eigenvalue weighted by atomic mass is 16.6. The standard InChI is InChI=1S/C19H17N5O5/c1-28-15-10-6-5-9-14(15)23-18-16(24(26)27)17(20-11-21-18)22-13-8-4-3-7-12(13)19(25)29-2/h3-11H,1-2H3,(H2,20,21,22,23). The third-order valence-corrected chi connectivity index (χ3v) is 3.95. The first-order valence-electron chi connectivity index (χ1n) is 8.39. The van der Waals surface area contributed by atoms with Crippen molar-refractivity contribution in [1.82, 2.24) is 9.97 Å². The molecule has 29 heavy (non-hydrogen) atoms. The van der Waals surface area contributed by atoms with Gasteiger partial charge in [-0.25, -0.2) is 14.8 Å². The fourth-order valence-corrected chi connectivity index (χ4v) is 2.62. The maximum absolute atomic E-state index is 12.0. The van der Waals surface area contributed by atoms with Gasteiger partial charge in [-0.15, -0.1) is 0 Å². The SMILES string of the molecule is COC(=O)c1ccccc1Nc1ncnc(Nc2ccccc2OC)c1[N+](=O)[O-]. The van der Waals surface area contributed by atoms with E-state index in [1.165, 1.54) is 26.6 Å². The molecule has 10 heteroatoms. The van der Waals surface area contributed by atoms with E-state index in [1.54, 1.807) is 42.5 Å². The average molecular weight is 395 g/mol. The number of carbonyl (C=O) groups is 1. The minimum Gasteiger partial charge on any atom is -0.495 e. The van der Waals surface area contributed by atoms with Gasteiger partial charge in [0.1, 0.15) is 12.1 Å². The number of aromatic nitrogens is 2. The van der Waals surface area contributed by atoms with Gasteiger partial charge in [-0.05, 0) is 24.3 Å². The molecular formula is C19H17N5O5. The number of hydrogen-bond donors (Lipinski definition) is 2. The number of carbonyl (C=O) groups excluding carboxylic acids is 1. The van der Waals surface area contributed by atoms with Crippen molar-refractivity contribution in [2.24, 2.45) is 0 Å². The topological polar surface area (TPSA) is 129 Å². The first kappa shape index (κ1) is 19.5. The van der Waals surface area contributed by atoms with Gasteiger partial charge in [-0.1, -0.05) is 24.3 Å². The molecule has 0 fully saturated rings. The number of anilines is 4. The minimum atomic E-state index is -0.610.